The van der Waals surface area contributed by atoms with Crippen LogP contribution < -0.4 is 5.32 Å². The summed E-state index contributed by atoms with van der Waals surface area (Å²) >= 11 is 0. The first-order valence-corrected chi connectivity index (χ1v) is 12.1. The van der Waals surface area contributed by atoms with Gasteiger partial charge in [-0.2, -0.15) is 0 Å². The van der Waals surface area contributed by atoms with E-state index in [0.29, 0.717) is 6.54 Å². The highest BCUT2D eigenvalue weighted by Crippen LogP contribution is 2.49. The fourth-order valence-corrected chi connectivity index (χ4v) is 6.44. The van der Waals surface area contributed by atoms with Crippen molar-refractivity contribution < 1.29 is 19.1 Å². The predicted octanol–water partition coefficient (Wildman–Crippen LogP) is 2.87. The standard InChI is InChI=1S/C17H31NO4Si/c1-4-22-23(2,3)11-5-10-18-16(19)14-12-6-8-13(9-7-12)15(14)17(20)21/h12-15H,4-11H2,1-3H3,(H,18,19)(H,20,21). The molecule has 0 heterocycles. The van der Waals surface area contributed by atoms with Gasteiger partial charge in [-0.1, -0.05) is 0 Å². The van der Waals surface area contributed by atoms with Gasteiger partial charge in [-0.05, 0) is 70.0 Å². The van der Waals surface area contributed by atoms with Gasteiger partial charge in [0.25, 0.3) is 0 Å². The third-order valence-electron chi connectivity index (χ3n) is 5.60. The number of hydrogen-bond acceptors (Lipinski definition) is 3. The molecule has 6 heteroatoms. The van der Waals surface area contributed by atoms with Crippen LogP contribution in [0.15, 0.2) is 0 Å². The summed E-state index contributed by atoms with van der Waals surface area (Å²) in [7, 11) is -1.60. The van der Waals surface area contributed by atoms with E-state index in [0.717, 1.165) is 44.8 Å². The van der Waals surface area contributed by atoms with Crippen molar-refractivity contribution in [3.05, 3.63) is 0 Å². The summed E-state index contributed by atoms with van der Waals surface area (Å²) in [6.07, 6.45) is 4.87. The molecule has 3 aliphatic rings. The first-order valence-electron chi connectivity index (χ1n) is 9.00. The molecule has 3 aliphatic carbocycles. The Kier molecular flexibility index (Phi) is 6.25. The molecule has 1 amide bonds. The Bertz CT molecular complexity index is 432. The second kappa shape index (κ2) is 7.79. The van der Waals surface area contributed by atoms with Gasteiger partial charge >= 0.3 is 5.97 Å². The van der Waals surface area contributed by atoms with Gasteiger partial charge in [0.1, 0.15) is 0 Å². The second-order valence-electron chi connectivity index (χ2n) is 7.65. The van der Waals surface area contributed by atoms with Gasteiger partial charge in [-0.3, -0.25) is 9.59 Å². The van der Waals surface area contributed by atoms with Gasteiger partial charge in [0.05, 0.1) is 11.8 Å². The minimum Gasteiger partial charge on any atom is -0.481 e. The second-order valence-corrected chi connectivity index (χ2v) is 12.0. The number of amides is 1. The van der Waals surface area contributed by atoms with Crippen LogP contribution in [0.3, 0.4) is 0 Å². The first kappa shape index (κ1) is 18.5. The van der Waals surface area contributed by atoms with E-state index in [1.54, 1.807) is 0 Å². The number of nitrogens with one attached hydrogen (secondary N) is 1. The number of rotatable bonds is 8. The summed E-state index contributed by atoms with van der Waals surface area (Å²) in [5.41, 5.74) is 0. The van der Waals surface area contributed by atoms with E-state index in [9.17, 15) is 14.7 Å². The quantitative estimate of drug-likeness (QED) is 0.526. The van der Waals surface area contributed by atoms with Crippen LogP contribution in [0, 0.1) is 23.7 Å². The van der Waals surface area contributed by atoms with E-state index in [-0.39, 0.29) is 23.7 Å². The van der Waals surface area contributed by atoms with E-state index in [1.807, 2.05) is 6.92 Å². The molecule has 3 fully saturated rings. The molecular formula is C17H31NO4Si. The lowest BCUT2D eigenvalue weighted by molar-refractivity contribution is -0.158. The molecular weight excluding hydrogens is 310 g/mol. The molecule has 5 nitrogen and oxygen atoms in total. The van der Waals surface area contributed by atoms with Gasteiger partial charge in [0.2, 0.25) is 5.91 Å². The zero-order chi connectivity index (χ0) is 17.0. The topological polar surface area (TPSA) is 75.6 Å². The van der Waals surface area contributed by atoms with Crippen molar-refractivity contribution in [3.63, 3.8) is 0 Å². The van der Waals surface area contributed by atoms with E-state index in [1.165, 1.54) is 0 Å². The van der Waals surface area contributed by atoms with Crippen LogP contribution in [0.25, 0.3) is 0 Å². The number of fused-ring (bicyclic) bond motifs is 3. The lowest BCUT2D eigenvalue weighted by Crippen LogP contribution is -2.51. The monoisotopic (exact) mass is 341 g/mol. The lowest BCUT2D eigenvalue weighted by Gasteiger charge is -2.45. The van der Waals surface area contributed by atoms with E-state index in [4.69, 9.17) is 4.43 Å². The number of aliphatic carboxylic acids is 1. The van der Waals surface area contributed by atoms with Crippen LogP contribution in [-0.4, -0.2) is 38.5 Å². The first-order chi connectivity index (χ1) is 10.9. The molecule has 2 bridgehead atoms. The maximum Gasteiger partial charge on any atom is 0.307 e. The Balaban J connectivity index is 1.84. The van der Waals surface area contributed by atoms with Crippen molar-refractivity contribution >= 4 is 20.2 Å². The average Bonchev–Trinajstić information content (AvgIpc) is 2.51. The van der Waals surface area contributed by atoms with Gasteiger partial charge < -0.3 is 14.8 Å². The molecule has 23 heavy (non-hydrogen) atoms. The van der Waals surface area contributed by atoms with Gasteiger partial charge in [0.15, 0.2) is 8.32 Å². The van der Waals surface area contributed by atoms with Crippen LogP contribution in [-0.2, 0) is 14.0 Å². The molecule has 0 spiro atoms. The fourth-order valence-electron chi connectivity index (χ4n) is 4.49. The molecule has 3 rings (SSSR count). The SMILES string of the molecule is CCO[Si](C)(C)CCCNC(=O)C1C2CCC(CC2)C1C(=O)O. The van der Waals surface area contributed by atoms with Gasteiger partial charge in [-0.25, -0.2) is 0 Å². The third kappa shape index (κ3) is 4.56. The minimum atomic E-state index is -1.60. The smallest absolute Gasteiger partial charge is 0.307 e. The Labute approximate surface area is 140 Å². The summed E-state index contributed by atoms with van der Waals surface area (Å²) in [6.45, 7) is 7.78. The zero-order valence-corrected chi connectivity index (χ0v) is 15.6. The maximum atomic E-state index is 12.6. The Morgan fingerprint density at radius 2 is 1.70 bits per heavy atom. The van der Waals surface area contributed by atoms with Crippen molar-refractivity contribution in [3.8, 4) is 0 Å². The molecule has 0 radical (unpaired) electrons. The summed E-state index contributed by atoms with van der Waals surface area (Å²) in [4.78, 5) is 24.2. The highest BCUT2D eigenvalue weighted by atomic mass is 28.4. The largest absolute Gasteiger partial charge is 0.481 e. The van der Waals surface area contributed by atoms with Crippen molar-refractivity contribution in [2.75, 3.05) is 13.2 Å². The molecule has 0 saturated heterocycles. The van der Waals surface area contributed by atoms with E-state index < -0.39 is 20.2 Å². The fraction of sp³-hybridized carbons (Fsp3) is 0.882. The van der Waals surface area contributed by atoms with Crippen LogP contribution >= 0.6 is 0 Å². The van der Waals surface area contributed by atoms with Crippen LogP contribution in [0.2, 0.25) is 19.1 Å². The molecule has 3 saturated carbocycles. The van der Waals surface area contributed by atoms with Crippen LogP contribution in [0.1, 0.15) is 39.0 Å². The van der Waals surface area contributed by atoms with Crippen molar-refractivity contribution in [2.45, 2.75) is 58.2 Å². The summed E-state index contributed by atoms with van der Waals surface area (Å²) < 4.78 is 5.79. The van der Waals surface area contributed by atoms with Crippen LogP contribution in [0.5, 0.6) is 0 Å². The highest BCUT2D eigenvalue weighted by Gasteiger charge is 2.50. The number of carboxylic acid groups (broad SMARTS) is 1. The molecule has 132 valence electrons. The highest BCUT2D eigenvalue weighted by molar-refractivity contribution is 6.71. The zero-order valence-electron chi connectivity index (χ0n) is 14.6. The Morgan fingerprint density at radius 3 is 2.22 bits per heavy atom. The number of hydrogen-bond donors (Lipinski definition) is 2. The molecule has 0 aromatic rings. The summed E-state index contributed by atoms with van der Waals surface area (Å²) in [5, 5.41) is 12.5. The Morgan fingerprint density at radius 1 is 1.13 bits per heavy atom. The minimum absolute atomic E-state index is 0.0392. The van der Waals surface area contributed by atoms with Gasteiger partial charge in [-0.15, -0.1) is 0 Å². The van der Waals surface area contributed by atoms with Crippen molar-refractivity contribution in [1.82, 2.24) is 5.32 Å². The number of carbonyl (C=O) groups excluding carboxylic acids is 1. The summed E-state index contributed by atoms with van der Waals surface area (Å²) in [5.74, 6) is -1.17. The van der Waals surface area contributed by atoms with Crippen LogP contribution in [0.4, 0.5) is 0 Å². The Hall–Kier alpha value is -0.883. The average molecular weight is 342 g/mol. The van der Waals surface area contributed by atoms with Crippen molar-refractivity contribution in [2.24, 2.45) is 23.7 Å². The third-order valence-corrected chi connectivity index (χ3v) is 8.22. The maximum absolute atomic E-state index is 12.6. The summed E-state index contributed by atoms with van der Waals surface area (Å²) in [6, 6.07) is 1.01. The molecule has 2 atom stereocenters. The van der Waals surface area contributed by atoms with Gasteiger partial charge in [0, 0.05) is 13.2 Å². The molecule has 0 aromatic heterocycles. The van der Waals surface area contributed by atoms with Crippen molar-refractivity contribution in [1.29, 1.82) is 0 Å². The number of carbonyl (C=O) groups is 2. The molecule has 0 aliphatic heterocycles. The molecule has 2 N–H and O–H groups in total. The predicted molar refractivity (Wildman–Crippen MR) is 91.6 cm³/mol. The molecule has 0 aromatic carbocycles. The molecule has 2 unspecified atom stereocenters. The van der Waals surface area contributed by atoms with E-state index in [2.05, 4.69) is 18.4 Å². The normalized spacial score (nSPS) is 30.2. The number of carboxylic acids is 1. The van der Waals surface area contributed by atoms with E-state index >= 15 is 0 Å². The lowest BCUT2D eigenvalue weighted by atomic mass is 9.58.